The normalized spacial score (nSPS) is 11.5. The van der Waals surface area contributed by atoms with Crippen molar-refractivity contribution in [2.45, 2.75) is 32.9 Å². The van der Waals surface area contributed by atoms with Crippen LogP contribution in [0.25, 0.3) is 0 Å². The zero-order valence-electron chi connectivity index (χ0n) is 18.8. The molecule has 0 unspecified atom stereocenters. The van der Waals surface area contributed by atoms with Crippen molar-refractivity contribution >= 4 is 23.4 Å². The maximum Gasteiger partial charge on any atom is 0.261 e. The number of nitrogens with one attached hydrogen (secondary N) is 1. The number of ether oxygens (including phenoxy) is 3. The summed E-state index contributed by atoms with van der Waals surface area (Å²) in [6, 6.07) is 13.6. The van der Waals surface area contributed by atoms with Crippen LogP contribution in [0.2, 0.25) is 5.02 Å². The number of halogens is 1. The van der Waals surface area contributed by atoms with E-state index in [0.717, 1.165) is 5.56 Å². The van der Waals surface area contributed by atoms with Gasteiger partial charge in [0.05, 0.1) is 12.1 Å². The molecular formula is C24H31ClN2O5. The van der Waals surface area contributed by atoms with E-state index in [2.05, 4.69) is 5.32 Å². The maximum absolute atomic E-state index is 13.0. The van der Waals surface area contributed by atoms with E-state index in [4.69, 9.17) is 25.8 Å². The van der Waals surface area contributed by atoms with Crippen LogP contribution in [0, 0.1) is 0 Å². The first-order chi connectivity index (χ1) is 15.5. The van der Waals surface area contributed by atoms with E-state index in [9.17, 15) is 9.59 Å². The number of hydrogen-bond acceptors (Lipinski definition) is 5. The molecule has 2 amide bonds. The lowest BCUT2D eigenvalue weighted by Crippen LogP contribution is -2.49. The SMILES string of the molecule is CCOCCCNC(=O)[C@@H](C)N(Cc1ccc(OC)cc1)C(=O)COc1ccccc1Cl. The molecule has 0 aliphatic heterocycles. The summed E-state index contributed by atoms with van der Waals surface area (Å²) in [5, 5.41) is 3.29. The Labute approximate surface area is 194 Å². The molecule has 174 valence electrons. The molecule has 8 heteroatoms. The van der Waals surface area contributed by atoms with E-state index in [0.29, 0.717) is 42.7 Å². The van der Waals surface area contributed by atoms with E-state index in [-0.39, 0.29) is 25.0 Å². The Morgan fingerprint density at radius 2 is 1.84 bits per heavy atom. The van der Waals surface area contributed by atoms with Crippen LogP contribution in [-0.4, -0.2) is 56.2 Å². The van der Waals surface area contributed by atoms with E-state index in [1.54, 1.807) is 38.3 Å². The molecule has 0 saturated carbocycles. The molecule has 2 aromatic rings. The highest BCUT2D eigenvalue weighted by atomic mass is 35.5. The third kappa shape index (κ3) is 8.05. The van der Waals surface area contributed by atoms with Gasteiger partial charge in [0.1, 0.15) is 17.5 Å². The van der Waals surface area contributed by atoms with Crippen molar-refractivity contribution in [3.8, 4) is 11.5 Å². The third-order valence-corrected chi connectivity index (χ3v) is 5.15. The van der Waals surface area contributed by atoms with Crippen LogP contribution in [0.3, 0.4) is 0 Å². The zero-order chi connectivity index (χ0) is 23.3. The molecule has 1 N–H and O–H groups in total. The number of carbonyl (C=O) groups excluding carboxylic acids is 2. The third-order valence-electron chi connectivity index (χ3n) is 4.84. The molecule has 0 aliphatic carbocycles. The largest absolute Gasteiger partial charge is 0.497 e. The van der Waals surface area contributed by atoms with Gasteiger partial charge in [0.15, 0.2) is 6.61 Å². The average Bonchev–Trinajstić information content (AvgIpc) is 2.81. The molecule has 2 aromatic carbocycles. The highest BCUT2D eigenvalue weighted by Gasteiger charge is 2.26. The lowest BCUT2D eigenvalue weighted by molar-refractivity contribution is -0.142. The van der Waals surface area contributed by atoms with Crippen LogP contribution in [-0.2, 0) is 20.9 Å². The quantitative estimate of drug-likeness (QED) is 0.459. The van der Waals surface area contributed by atoms with Gasteiger partial charge in [-0.3, -0.25) is 9.59 Å². The lowest BCUT2D eigenvalue weighted by Gasteiger charge is -2.29. The number of rotatable bonds is 13. The number of methoxy groups -OCH3 is 1. The molecular weight excluding hydrogens is 432 g/mol. The van der Waals surface area contributed by atoms with Crippen LogP contribution in [0.15, 0.2) is 48.5 Å². The molecule has 0 heterocycles. The number of amides is 2. The fourth-order valence-electron chi connectivity index (χ4n) is 2.97. The van der Waals surface area contributed by atoms with Crippen LogP contribution in [0.4, 0.5) is 0 Å². The first kappa shape index (κ1) is 25.5. The smallest absolute Gasteiger partial charge is 0.261 e. The van der Waals surface area contributed by atoms with E-state index < -0.39 is 6.04 Å². The molecule has 2 rings (SSSR count). The second-order valence-electron chi connectivity index (χ2n) is 7.11. The Morgan fingerprint density at radius 3 is 2.50 bits per heavy atom. The van der Waals surface area contributed by atoms with Gasteiger partial charge in [0.25, 0.3) is 5.91 Å². The van der Waals surface area contributed by atoms with Crippen LogP contribution in [0.5, 0.6) is 11.5 Å². The molecule has 32 heavy (non-hydrogen) atoms. The molecule has 0 bridgehead atoms. The van der Waals surface area contributed by atoms with Crippen molar-refractivity contribution in [1.82, 2.24) is 10.2 Å². The average molecular weight is 463 g/mol. The van der Waals surface area contributed by atoms with Crippen molar-refractivity contribution < 1.29 is 23.8 Å². The second kappa shape index (κ2) is 13.6. The fourth-order valence-corrected chi connectivity index (χ4v) is 3.16. The summed E-state index contributed by atoms with van der Waals surface area (Å²) in [6.45, 7) is 5.34. The van der Waals surface area contributed by atoms with Crippen molar-refractivity contribution in [3.63, 3.8) is 0 Å². The molecule has 1 atom stereocenters. The Morgan fingerprint density at radius 1 is 1.12 bits per heavy atom. The predicted molar refractivity (Wildman–Crippen MR) is 124 cm³/mol. The number of nitrogens with zero attached hydrogens (tertiary/aromatic N) is 1. The van der Waals surface area contributed by atoms with Crippen LogP contribution >= 0.6 is 11.6 Å². The highest BCUT2D eigenvalue weighted by molar-refractivity contribution is 6.32. The fraction of sp³-hybridized carbons (Fsp3) is 0.417. The van der Waals surface area contributed by atoms with E-state index >= 15 is 0 Å². The van der Waals surface area contributed by atoms with Crippen molar-refractivity contribution in [2.75, 3.05) is 33.5 Å². The second-order valence-corrected chi connectivity index (χ2v) is 7.51. The zero-order valence-corrected chi connectivity index (χ0v) is 19.6. The lowest BCUT2D eigenvalue weighted by atomic mass is 10.1. The molecule has 0 spiro atoms. The summed E-state index contributed by atoms with van der Waals surface area (Å²) in [6.07, 6.45) is 0.703. The Kier molecular flexibility index (Phi) is 10.8. The van der Waals surface area contributed by atoms with Crippen molar-refractivity contribution in [3.05, 3.63) is 59.1 Å². The van der Waals surface area contributed by atoms with Gasteiger partial charge in [-0.25, -0.2) is 0 Å². The molecule has 0 aliphatic rings. The van der Waals surface area contributed by atoms with E-state index in [1.807, 2.05) is 31.2 Å². The first-order valence-electron chi connectivity index (χ1n) is 10.6. The van der Waals surface area contributed by atoms with Crippen molar-refractivity contribution in [1.29, 1.82) is 0 Å². The number of benzene rings is 2. The van der Waals surface area contributed by atoms with Gasteiger partial charge in [-0.15, -0.1) is 0 Å². The van der Waals surface area contributed by atoms with Gasteiger partial charge in [0, 0.05) is 26.3 Å². The summed E-state index contributed by atoms with van der Waals surface area (Å²) in [5.74, 6) is 0.576. The molecule has 0 aromatic heterocycles. The Bertz CT molecular complexity index is 860. The summed E-state index contributed by atoms with van der Waals surface area (Å²) in [7, 11) is 1.59. The topological polar surface area (TPSA) is 77.1 Å². The summed E-state index contributed by atoms with van der Waals surface area (Å²) in [5.41, 5.74) is 0.868. The van der Waals surface area contributed by atoms with Gasteiger partial charge in [0.2, 0.25) is 5.91 Å². The van der Waals surface area contributed by atoms with Crippen molar-refractivity contribution in [2.24, 2.45) is 0 Å². The summed E-state index contributed by atoms with van der Waals surface area (Å²) < 4.78 is 16.1. The Hall–Kier alpha value is -2.77. The van der Waals surface area contributed by atoms with Gasteiger partial charge in [-0.1, -0.05) is 35.9 Å². The van der Waals surface area contributed by atoms with Gasteiger partial charge < -0.3 is 24.4 Å². The van der Waals surface area contributed by atoms with Gasteiger partial charge >= 0.3 is 0 Å². The summed E-state index contributed by atoms with van der Waals surface area (Å²) >= 11 is 6.12. The van der Waals surface area contributed by atoms with Gasteiger partial charge in [-0.05, 0) is 50.1 Å². The Balaban J connectivity index is 2.07. The van der Waals surface area contributed by atoms with E-state index in [1.165, 1.54) is 4.90 Å². The number of carbonyl (C=O) groups is 2. The molecule has 0 saturated heterocycles. The number of hydrogen-bond donors (Lipinski definition) is 1. The predicted octanol–water partition coefficient (Wildman–Crippen LogP) is 3.69. The molecule has 0 radical (unpaired) electrons. The monoisotopic (exact) mass is 462 g/mol. The van der Waals surface area contributed by atoms with Crippen LogP contribution in [0.1, 0.15) is 25.8 Å². The minimum Gasteiger partial charge on any atom is -0.497 e. The standard InChI is InChI=1S/C24H31ClN2O5/c1-4-31-15-7-14-26-24(29)18(2)27(16-19-10-12-20(30-3)13-11-19)23(28)17-32-22-9-6-5-8-21(22)25/h5-6,8-13,18H,4,7,14-17H2,1-3H3,(H,26,29)/t18-/m1/s1. The first-order valence-corrected chi connectivity index (χ1v) is 11.0. The highest BCUT2D eigenvalue weighted by Crippen LogP contribution is 2.23. The molecule has 0 fully saturated rings. The summed E-state index contributed by atoms with van der Waals surface area (Å²) in [4.78, 5) is 27.3. The molecule has 7 nitrogen and oxygen atoms in total. The van der Waals surface area contributed by atoms with Gasteiger partial charge in [-0.2, -0.15) is 0 Å². The minimum absolute atomic E-state index is 0.234. The maximum atomic E-state index is 13.0. The van der Waals surface area contributed by atoms with Crippen LogP contribution < -0.4 is 14.8 Å². The number of para-hydroxylation sites is 1. The minimum atomic E-state index is -0.688.